The number of ether oxygens (including phenoxy) is 1. The van der Waals surface area contributed by atoms with Gasteiger partial charge in [-0.15, -0.1) is 0 Å². The molecule has 1 aromatic heterocycles. The molecule has 1 saturated carbocycles. The molecule has 0 radical (unpaired) electrons. The fraction of sp³-hybridized carbons (Fsp3) is 0.500. The second-order valence-electron chi connectivity index (χ2n) is 11.0. The molecular formula is C28H33N3O3. The van der Waals surface area contributed by atoms with E-state index in [2.05, 4.69) is 46.5 Å². The van der Waals surface area contributed by atoms with Gasteiger partial charge in [0.2, 0.25) is 0 Å². The first-order valence-corrected chi connectivity index (χ1v) is 12.6. The van der Waals surface area contributed by atoms with Crippen molar-refractivity contribution in [2.45, 2.75) is 61.6 Å². The first-order chi connectivity index (χ1) is 16.5. The Balaban J connectivity index is 1.35. The van der Waals surface area contributed by atoms with Crippen LogP contribution in [0.15, 0.2) is 30.3 Å². The van der Waals surface area contributed by atoms with E-state index in [9.17, 15) is 10.2 Å². The molecule has 4 atom stereocenters. The van der Waals surface area contributed by atoms with Gasteiger partial charge >= 0.3 is 0 Å². The van der Waals surface area contributed by atoms with E-state index in [0.29, 0.717) is 12.2 Å². The lowest BCUT2D eigenvalue weighted by Gasteiger charge is -2.50. The average Bonchev–Trinajstić information content (AvgIpc) is 3.40. The van der Waals surface area contributed by atoms with Gasteiger partial charge in [-0.05, 0) is 74.4 Å². The van der Waals surface area contributed by atoms with Gasteiger partial charge in [0, 0.05) is 46.7 Å². The third-order valence-corrected chi connectivity index (χ3v) is 9.57. The van der Waals surface area contributed by atoms with Crippen LogP contribution in [0, 0.1) is 0 Å². The van der Waals surface area contributed by atoms with Crippen molar-refractivity contribution < 1.29 is 14.9 Å². The second kappa shape index (κ2) is 7.00. The molecule has 2 aliphatic carbocycles. The maximum Gasteiger partial charge on any atom is 0.161 e. The zero-order valence-corrected chi connectivity index (χ0v) is 19.9. The molecule has 1 fully saturated rings. The topological polar surface area (TPSA) is 80.7 Å². The Labute approximate surface area is 199 Å². The van der Waals surface area contributed by atoms with Crippen LogP contribution in [-0.4, -0.2) is 53.4 Å². The third kappa shape index (κ3) is 2.51. The summed E-state index contributed by atoms with van der Waals surface area (Å²) in [7, 11) is 3.80. The van der Waals surface area contributed by atoms with Gasteiger partial charge < -0.3 is 25.3 Å². The van der Waals surface area contributed by atoms with Crippen LogP contribution in [0.3, 0.4) is 0 Å². The van der Waals surface area contributed by atoms with Gasteiger partial charge in [0.15, 0.2) is 11.5 Å². The van der Waals surface area contributed by atoms with Crippen LogP contribution >= 0.6 is 0 Å². The molecule has 3 aromatic rings. The zero-order valence-electron chi connectivity index (χ0n) is 19.9. The monoisotopic (exact) mass is 459 g/mol. The number of hydrogen-bond donors (Lipinski definition) is 4. The number of aromatic hydroxyl groups is 1. The number of methoxy groups -OCH3 is 1. The number of aliphatic hydroxyl groups is 1. The first-order valence-electron chi connectivity index (χ1n) is 12.6. The van der Waals surface area contributed by atoms with Gasteiger partial charge in [-0.3, -0.25) is 4.90 Å². The Hall–Kier alpha value is -2.54. The molecule has 3 heterocycles. The number of phenols is 1. The number of hydrogen-bond acceptors (Lipinski definition) is 5. The molecule has 6 nitrogen and oxygen atoms in total. The lowest BCUT2D eigenvalue weighted by Crippen LogP contribution is -2.57. The molecule has 0 saturated heterocycles. The van der Waals surface area contributed by atoms with Crippen molar-refractivity contribution in [3.05, 3.63) is 58.3 Å². The molecule has 0 bridgehead atoms. The molecular weight excluding hydrogens is 426 g/mol. The molecule has 2 aromatic carbocycles. The number of aromatic amines is 1. The molecule has 2 aliphatic heterocycles. The summed E-state index contributed by atoms with van der Waals surface area (Å²) in [5, 5.41) is 28.5. The number of likely N-dealkylation sites (N-methyl/N-ethyl adjacent to an activating group) is 1. The molecule has 4 N–H and O–H groups in total. The van der Waals surface area contributed by atoms with Crippen molar-refractivity contribution in [1.29, 1.82) is 0 Å². The Morgan fingerprint density at radius 2 is 2.00 bits per heavy atom. The van der Waals surface area contributed by atoms with Crippen LogP contribution in [0.5, 0.6) is 11.5 Å². The number of fused-ring (bicyclic) bond motifs is 5. The quantitative estimate of drug-likeness (QED) is 0.447. The minimum atomic E-state index is -0.563. The summed E-state index contributed by atoms with van der Waals surface area (Å²) in [6, 6.07) is 10.8. The van der Waals surface area contributed by atoms with Crippen LogP contribution in [0.2, 0.25) is 0 Å². The minimum absolute atomic E-state index is 0.233. The van der Waals surface area contributed by atoms with Crippen LogP contribution in [-0.2, 0) is 23.8 Å². The zero-order chi connectivity index (χ0) is 23.2. The van der Waals surface area contributed by atoms with Crippen molar-refractivity contribution in [2.75, 3.05) is 27.2 Å². The number of benzene rings is 2. The lowest BCUT2D eigenvalue weighted by atomic mass is 9.60. The summed E-state index contributed by atoms with van der Waals surface area (Å²) >= 11 is 0. The molecule has 2 spiro atoms. The summed E-state index contributed by atoms with van der Waals surface area (Å²) in [6.07, 6.45) is 4.62. The highest BCUT2D eigenvalue weighted by Gasteiger charge is 2.59. The van der Waals surface area contributed by atoms with Crippen LogP contribution in [0.4, 0.5) is 0 Å². The van der Waals surface area contributed by atoms with E-state index in [4.69, 9.17) is 4.74 Å². The fourth-order valence-electron chi connectivity index (χ4n) is 7.87. The molecule has 6 heteroatoms. The van der Waals surface area contributed by atoms with Gasteiger partial charge in [0.05, 0.1) is 18.8 Å². The predicted molar refractivity (Wildman–Crippen MR) is 132 cm³/mol. The van der Waals surface area contributed by atoms with E-state index >= 15 is 0 Å². The maximum atomic E-state index is 12.0. The second-order valence-corrected chi connectivity index (χ2v) is 11.0. The number of aliphatic hydroxyl groups excluding tert-OH is 1. The van der Waals surface area contributed by atoms with Crippen molar-refractivity contribution in [2.24, 2.45) is 0 Å². The van der Waals surface area contributed by atoms with Gasteiger partial charge in [-0.2, -0.15) is 0 Å². The predicted octanol–water partition coefficient (Wildman–Crippen LogP) is 3.64. The third-order valence-electron chi connectivity index (χ3n) is 9.57. The van der Waals surface area contributed by atoms with Gasteiger partial charge in [-0.1, -0.05) is 18.2 Å². The highest BCUT2D eigenvalue weighted by Crippen LogP contribution is 2.62. The van der Waals surface area contributed by atoms with Crippen molar-refractivity contribution in [1.82, 2.24) is 15.2 Å². The van der Waals surface area contributed by atoms with E-state index in [0.717, 1.165) is 50.8 Å². The minimum Gasteiger partial charge on any atom is -0.504 e. The molecule has 4 unspecified atom stereocenters. The average molecular weight is 460 g/mol. The molecule has 4 aliphatic rings. The molecule has 178 valence electrons. The molecule has 7 rings (SSSR count). The summed E-state index contributed by atoms with van der Waals surface area (Å²) < 4.78 is 5.60. The fourth-order valence-corrected chi connectivity index (χ4v) is 7.87. The Bertz CT molecular complexity index is 1320. The van der Waals surface area contributed by atoms with E-state index in [1.54, 1.807) is 7.11 Å². The number of rotatable bonds is 1. The van der Waals surface area contributed by atoms with Crippen LogP contribution in [0.1, 0.15) is 59.7 Å². The van der Waals surface area contributed by atoms with Crippen LogP contribution in [0.25, 0.3) is 10.9 Å². The number of aromatic nitrogens is 1. The number of para-hydroxylation sites is 1. The van der Waals surface area contributed by atoms with E-state index in [1.807, 2.05) is 6.07 Å². The molecule has 34 heavy (non-hydrogen) atoms. The number of nitrogens with one attached hydrogen (secondary N) is 2. The number of nitrogens with zero attached hydrogens (tertiary/aromatic N) is 1. The van der Waals surface area contributed by atoms with Gasteiger partial charge in [0.1, 0.15) is 0 Å². The highest BCUT2D eigenvalue weighted by molar-refractivity contribution is 5.85. The number of H-pyrrole nitrogens is 1. The molecule has 0 amide bonds. The van der Waals surface area contributed by atoms with Crippen molar-refractivity contribution >= 4 is 10.9 Å². The Kier molecular flexibility index (Phi) is 4.28. The Morgan fingerprint density at radius 3 is 2.82 bits per heavy atom. The summed E-state index contributed by atoms with van der Waals surface area (Å²) in [4.78, 5) is 6.12. The smallest absolute Gasteiger partial charge is 0.161 e. The Morgan fingerprint density at radius 1 is 1.15 bits per heavy atom. The summed E-state index contributed by atoms with van der Waals surface area (Å²) in [5.74, 6) is 0.775. The SMILES string of the molecule is COc1cc2c3c(c1O)C1(CCC4(CC1O)NCCc1c4[nH]c4ccccc14)CC3N(C)CC2. The normalized spacial score (nSPS) is 32.3. The van der Waals surface area contributed by atoms with E-state index in [-0.39, 0.29) is 17.3 Å². The summed E-state index contributed by atoms with van der Waals surface area (Å²) in [5.41, 5.74) is 6.56. The van der Waals surface area contributed by atoms with Gasteiger partial charge in [-0.25, -0.2) is 0 Å². The maximum absolute atomic E-state index is 12.0. The highest BCUT2D eigenvalue weighted by atomic mass is 16.5. The van der Waals surface area contributed by atoms with Crippen LogP contribution < -0.4 is 10.1 Å². The van der Waals surface area contributed by atoms with Crippen molar-refractivity contribution in [3.8, 4) is 11.5 Å². The summed E-state index contributed by atoms with van der Waals surface area (Å²) in [6.45, 7) is 1.90. The lowest BCUT2D eigenvalue weighted by molar-refractivity contribution is -0.0142. The van der Waals surface area contributed by atoms with E-state index < -0.39 is 11.5 Å². The number of phenolic OH excluding ortho intramolecular Hbond substituents is 1. The van der Waals surface area contributed by atoms with Gasteiger partial charge in [0.25, 0.3) is 0 Å². The first kappa shape index (κ1) is 20.8. The van der Waals surface area contributed by atoms with Crippen molar-refractivity contribution in [3.63, 3.8) is 0 Å². The van der Waals surface area contributed by atoms with E-state index in [1.165, 1.54) is 33.3 Å². The standard InChI is InChI=1S/C28H33N3O3/c1-31-12-8-16-13-21(34-2)25(33)24-23(16)20(31)14-27(24)9-10-28(15-22(27)32)26-18(7-11-29-28)17-5-3-4-6-19(17)30-26/h3-6,13,20,22,29-30,32-33H,7-12,14-15H2,1-2H3. The largest absolute Gasteiger partial charge is 0.504 e.